The normalized spacial score (nSPS) is 55.1. The Hall–Kier alpha value is -2.83. The van der Waals surface area contributed by atoms with Crippen LogP contribution in [0.2, 0.25) is 0 Å². The van der Waals surface area contributed by atoms with Crippen molar-refractivity contribution < 1.29 is 57.9 Å². The second-order valence-corrected chi connectivity index (χ2v) is 16.2. The Morgan fingerprint density at radius 3 is 2.04 bits per heavy atom. The Labute approximate surface area is 273 Å². The monoisotopic (exact) mass is 658 g/mol. The van der Waals surface area contributed by atoms with Crippen LogP contribution in [0, 0.1) is 63.6 Å². The third-order valence-electron chi connectivity index (χ3n) is 14.1. The van der Waals surface area contributed by atoms with E-state index in [9.17, 15) is 34.2 Å². The van der Waals surface area contributed by atoms with Crippen molar-refractivity contribution in [3.8, 4) is 0 Å². The van der Waals surface area contributed by atoms with Crippen molar-refractivity contribution in [2.75, 3.05) is 0 Å². The van der Waals surface area contributed by atoms with Crippen LogP contribution in [0.3, 0.4) is 0 Å². The molecule has 7 rings (SSSR count). The van der Waals surface area contributed by atoms with Gasteiger partial charge in [-0.25, -0.2) is 4.79 Å². The van der Waals surface area contributed by atoms with Crippen molar-refractivity contribution in [3.05, 3.63) is 11.8 Å². The molecule has 0 aromatic carbocycles. The number of aliphatic hydroxyl groups excluding tert-OH is 1. The molecule has 2 saturated heterocycles. The molecule has 0 amide bonds. The van der Waals surface area contributed by atoms with Crippen LogP contribution < -0.4 is 0 Å². The second-order valence-electron chi connectivity index (χ2n) is 16.2. The lowest BCUT2D eigenvalue weighted by Gasteiger charge is -2.65. The fourth-order valence-corrected chi connectivity index (χ4v) is 12.5. The second kappa shape index (κ2) is 9.88. The highest BCUT2D eigenvalue weighted by Gasteiger charge is 2.82. The number of carbonyl (C=O) groups is 5. The lowest BCUT2D eigenvalue weighted by atomic mass is 9.39. The van der Waals surface area contributed by atoms with Crippen LogP contribution in [0.1, 0.15) is 68.7 Å². The van der Waals surface area contributed by atoms with Gasteiger partial charge in [0.1, 0.15) is 36.3 Å². The molecule has 258 valence electrons. The molecule has 6 fully saturated rings. The number of esters is 4. The number of allylic oxidation sites excluding steroid dienone is 1. The fraction of sp³-hybridized carbons (Fsp3) is 0.800. The summed E-state index contributed by atoms with van der Waals surface area (Å²) in [6.45, 7) is 14.8. The highest BCUT2D eigenvalue weighted by Crippen LogP contribution is 2.76. The van der Waals surface area contributed by atoms with E-state index in [1.54, 1.807) is 6.92 Å². The minimum Gasteiger partial charge on any atom is -0.462 e. The van der Waals surface area contributed by atoms with Gasteiger partial charge in [0.15, 0.2) is 11.4 Å². The molecule has 0 bridgehead atoms. The molecule has 2 aliphatic heterocycles. The standard InChI is InChI=1S/C35H46O12/c1-12-10-19-34(8,35(9,42)31(41)47-19)24-21(12)33(7)23(28(24)43-14(3)36)20-22(13(2)29(33)44-15(4)37)32(6)17(25(39)26(20)40)11-18-27(46-18)30(32)45-16(5)38/h10,12-13,17-18,20-24,26-30,40,42H,11H2,1-9H3/t12-,13+,17-,18+,20-,21+,22+,23-,24+,26-,27+,28-,29+,30+,32+,33-,34+,35-/m1/s1. The number of Topliss-reactive ketones (excluding diaryl/α,β-unsaturated/α-hetero) is 1. The quantitative estimate of drug-likeness (QED) is 0.257. The number of fused-ring (bicyclic) bond motifs is 10. The van der Waals surface area contributed by atoms with Gasteiger partial charge in [-0.3, -0.25) is 19.2 Å². The van der Waals surface area contributed by atoms with E-state index in [0.29, 0.717) is 6.42 Å². The number of hydrogen-bond donors (Lipinski definition) is 2. The van der Waals surface area contributed by atoms with Crippen molar-refractivity contribution in [2.24, 2.45) is 63.6 Å². The third kappa shape index (κ3) is 3.83. The molecule has 2 heterocycles. The molecule has 12 nitrogen and oxygen atoms in total. The summed E-state index contributed by atoms with van der Waals surface area (Å²) in [7, 11) is 0. The first kappa shape index (κ1) is 32.7. The lowest BCUT2D eigenvalue weighted by molar-refractivity contribution is -0.252. The number of rotatable bonds is 3. The molecule has 18 atom stereocenters. The molecule has 12 heteroatoms. The molecule has 2 N–H and O–H groups in total. The zero-order chi connectivity index (χ0) is 34.5. The molecule has 0 spiro atoms. The van der Waals surface area contributed by atoms with Crippen LogP contribution in [-0.2, 0) is 47.7 Å². The lowest BCUT2D eigenvalue weighted by Crippen LogP contribution is -2.72. The average Bonchev–Trinajstić information content (AvgIpc) is 3.65. The Bertz CT molecular complexity index is 1500. The number of ether oxygens (including phenoxy) is 5. The minimum atomic E-state index is -2.01. The summed E-state index contributed by atoms with van der Waals surface area (Å²) in [5.41, 5.74) is -5.43. The maximum Gasteiger partial charge on any atom is 0.343 e. The first-order chi connectivity index (χ1) is 21.7. The molecule has 47 heavy (non-hydrogen) atoms. The van der Waals surface area contributed by atoms with Crippen LogP contribution in [0.5, 0.6) is 0 Å². The number of ketones is 1. The van der Waals surface area contributed by atoms with E-state index in [1.165, 1.54) is 27.7 Å². The van der Waals surface area contributed by atoms with E-state index in [1.807, 2.05) is 33.8 Å². The summed E-state index contributed by atoms with van der Waals surface area (Å²) in [6, 6.07) is 0. The summed E-state index contributed by atoms with van der Waals surface area (Å²) in [6.07, 6.45) is -2.65. The van der Waals surface area contributed by atoms with Gasteiger partial charge in [-0.1, -0.05) is 27.7 Å². The molecular weight excluding hydrogens is 612 g/mol. The average molecular weight is 659 g/mol. The Morgan fingerprint density at radius 2 is 1.45 bits per heavy atom. The zero-order valence-corrected chi connectivity index (χ0v) is 28.3. The zero-order valence-electron chi connectivity index (χ0n) is 28.3. The predicted octanol–water partition coefficient (Wildman–Crippen LogP) is 2.12. The highest BCUT2D eigenvalue weighted by molar-refractivity contribution is 5.88. The van der Waals surface area contributed by atoms with Gasteiger partial charge in [0.25, 0.3) is 0 Å². The largest absolute Gasteiger partial charge is 0.462 e. The first-order valence-electron chi connectivity index (χ1n) is 16.8. The number of epoxide rings is 1. The summed E-state index contributed by atoms with van der Waals surface area (Å²) in [4.78, 5) is 66.1. The predicted molar refractivity (Wildman–Crippen MR) is 159 cm³/mol. The van der Waals surface area contributed by atoms with Crippen LogP contribution in [0.25, 0.3) is 0 Å². The maximum atomic E-state index is 14.4. The maximum absolute atomic E-state index is 14.4. The van der Waals surface area contributed by atoms with Gasteiger partial charge in [0, 0.05) is 55.3 Å². The van der Waals surface area contributed by atoms with Crippen LogP contribution in [-0.4, -0.2) is 82.1 Å². The van der Waals surface area contributed by atoms with Crippen molar-refractivity contribution in [1.82, 2.24) is 0 Å². The molecule has 0 unspecified atom stereocenters. The van der Waals surface area contributed by atoms with Crippen molar-refractivity contribution in [3.63, 3.8) is 0 Å². The smallest absolute Gasteiger partial charge is 0.343 e. The molecule has 4 saturated carbocycles. The topological polar surface area (TPSA) is 175 Å². The van der Waals surface area contributed by atoms with E-state index >= 15 is 0 Å². The Kier molecular flexibility index (Phi) is 6.87. The minimum absolute atomic E-state index is 0.278. The van der Waals surface area contributed by atoms with Gasteiger partial charge in [0.05, 0.1) is 11.5 Å². The van der Waals surface area contributed by atoms with Crippen LogP contribution in [0.4, 0.5) is 0 Å². The number of carbonyl (C=O) groups excluding carboxylic acids is 5. The van der Waals surface area contributed by atoms with Crippen LogP contribution >= 0.6 is 0 Å². The van der Waals surface area contributed by atoms with Gasteiger partial charge in [0.2, 0.25) is 0 Å². The Balaban J connectivity index is 1.49. The van der Waals surface area contributed by atoms with E-state index < -0.39 is 118 Å². The Morgan fingerprint density at radius 1 is 0.851 bits per heavy atom. The van der Waals surface area contributed by atoms with Crippen molar-refractivity contribution >= 4 is 29.7 Å². The summed E-state index contributed by atoms with van der Waals surface area (Å²) >= 11 is 0. The number of hydrogen-bond acceptors (Lipinski definition) is 12. The van der Waals surface area contributed by atoms with Gasteiger partial charge in [-0.15, -0.1) is 0 Å². The summed E-state index contributed by atoms with van der Waals surface area (Å²) < 4.78 is 30.2. The van der Waals surface area contributed by atoms with E-state index in [4.69, 9.17) is 23.7 Å². The van der Waals surface area contributed by atoms with Crippen molar-refractivity contribution in [1.29, 1.82) is 0 Å². The van der Waals surface area contributed by atoms with E-state index in [2.05, 4.69) is 0 Å². The molecule has 0 aromatic rings. The van der Waals surface area contributed by atoms with E-state index in [0.717, 1.165) is 0 Å². The molecular formula is C35H46O12. The van der Waals surface area contributed by atoms with Crippen LogP contribution in [0.15, 0.2) is 11.8 Å². The van der Waals surface area contributed by atoms with Gasteiger partial charge in [-0.05, 0) is 50.0 Å². The summed E-state index contributed by atoms with van der Waals surface area (Å²) in [5, 5.41) is 24.1. The highest BCUT2D eigenvalue weighted by atomic mass is 16.6. The number of aliphatic hydroxyl groups is 2. The molecule has 7 aliphatic rings. The molecule has 0 radical (unpaired) electrons. The van der Waals surface area contributed by atoms with Gasteiger partial charge in [-0.2, -0.15) is 0 Å². The van der Waals surface area contributed by atoms with E-state index in [-0.39, 0.29) is 23.6 Å². The molecule has 5 aliphatic carbocycles. The van der Waals surface area contributed by atoms with Gasteiger partial charge < -0.3 is 33.9 Å². The summed E-state index contributed by atoms with van der Waals surface area (Å²) in [5.74, 6) is -7.46. The first-order valence-corrected chi connectivity index (χ1v) is 16.8. The van der Waals surface area contributed by atoms with Crippen molar-refractivity contribution in [2.45, 2.75) is 111 Å². The fourth-order valence-electron chi connectivity index (χ4n) is 12.5. The van der Waals surface area contributed by atoms with Gasteiger partial charge >= 0.3 is 23.9 Å². The third-order valence-corrected chi connectivity index (χ3v) is 14.1. The SMILES string of the molecule is CC(=O)O[C@@H]1[C@H]2[C@H]3[C@H]([C@H](C)[C@H](OC(C)=O)[C@]2(C)[C@@H]2[C@@H]1[C@]1(C)C(=C[C@H]2C)OC(=O)[C@@]1(C)O)[C@]1(C)[C@H](C[C@@H]2O[C@@H]2[C@@H]1OC(C)=O)C(=O)[C@@H]3O. The molecule has 0 aromatic heterocycles.